The maximum atomic E-state index is 11.6. The number of carboxylic acid groups (broad SMARTS) is 1. The number of carboxylic acids is 1. The Bertz CT molecular complexity index is 327. The number of carbonyl (C=O) groups excluding carboxylic acids is 2. The Hall–Kier alpha value is -0.930. The van der Waals surface area contributed by atoms with Gasteiger partial charge in [-0.05, 0) is 13.3 Å². The average Bonchev–Trinajstić information content (AvgIpc) is 2.33. The second-order valence-electron chi connectivity index (χ2n) is 3.60. The first-order valence-corrected chi connectivity index (χ1v) is 6.22. The minimum absolute atomic E-state index is 0.00780. The van der Waals surface area contributed by atoms with Crippen molar-refractivity contribution < 1.29 is 19.5 Å². The highest BCUT2D eigenvalue weighted by atomic mass is 32.1. The third-order valence-corrected chi connectivity index (χ3v) is 2.97. The number of hydrogen-bond donors (Lipinski definition) is 5. The van der Waals surface area contributed by atoms with Crippen molar-refractivity contribution in [1.29, 1.82) is 0 Å². The monoisotopic (exact) mass is 295 g/mol. The number of aliphatic carboxylic acids is 1. The number of carbonyl (C=O) groups is 3. The van der Waals surface area contributed by atoms with Gasteiger partial charge in [-0.2, -0.15) is 12.6 Å². The van der Waals surface area contributed by atoms with E-state index in [2.05, 4.69) is 30.8 Å². The van der Waals surface area contributed by atoms with Crippen LogP contribution in [0, 0.1) is 0 Å². The van der Waals surface area contributed by atoms with Gasteiger partial charge in [0.25, 0.3) is 0 Å². The van der Waals surface area contributed by atoms with Crippen molar-refractivity contribution in [3.8, 4) is 0 Å². The molecule has 0 aliphatic heterocycles. The molecule has 0 aromatic rings. The van der Waals surface area contributed by atoms with Crippen molar-refractivity contribution in [3.05, 3.63) is 0 Å². The predicted octanol–water partition coefficient (Wildman–Crippen LogP) is -0.756. The molecule has 0 aromatic heterocycles. The van der Waals surface area contributed by atoms with E-state index in [1.807, 2.05) is 0 Å². The van der Waals surface area contributed by atoms with E-state index in [9.17, 15) is 14.4 Å². The Morgan fingerprint density at radius 3 is 2.44 bits per heavy atom. The SMILES string of the molecule is CC(C(=O)NCS)N(S)C(=O)CCC(N)C(=O)O. The summed E-state index contributed by atoms with van der Waals surface area (Å²) < 4.78 is 0.952. The maximum absolute atomic E-state index is 11.6. The highest BCUT2D eigenvalue weighted by Crippen LogP contribution is 2.08. The maximum Gasteiger partial charge on any atom is 0.320 e. The molecule has 0 heterocycles. The van der Waals surface area contributed by atoms with Gasteiger partial charge < -0.3 is 16.2 Å². The van der Waals surface area contributed by atoms with Crippen LogP contribution in [0.25, 0.3) is 0 Å². The van der Waals surface area contributed by atoms with E-state index in [0.717, 1.165) is 4.31 Å². The van der Waals surface area contributed by atoms with Gasteiger partial charge in [-0.3, -0.25) is 18.7 Å². The van der Waals surface area contributed by atoms with Gasteiger partial charge in [0.15, 0.2) is 0 Å². The molecular weight excluding hydrogens is 278 g/mol. The summed E-state index contributed by atoms with van der Waals surface area (Å²) in [5, 5.41) is 11.0. The van der Waals surface area contributed by atoms with Crippen molar-refractivity contribution in [1.82, 2.24) is 9.62 Å². The molecule has 0 fully saturated rings. The zero-order valence-electron chi connectivity index (χ0n) is 9.87. The number of nitrogens with zero attached hydrogens (tertiary/aromatic N) is 1. The number of nitrogens with two attached hydrogens (primary N) is 1. The molecule has 7 nitrogen and oxygen atoms in total. The van der Waals surface area contributed by atoms with Crippen LogP contribution in [0.15, 0.2) is 0 Å². The van der Waals surface area contributed by atoms with E-state index in [4.69, 9.17) is 10.8 Å². The first kappa shape index (κ1) is 17.1. The molecule has 9 heteroatoms. The quantitative estimate of drug-likeness (QED) is 0.313. The molecule has 104 valence electrons. The standard InChI is InChI=1S/C9H17N3O4S2/c1-5(8(14)11-4-17)12(18)7(13)3-2-6(10)9(15)16/h5-6,17-18H,2-4,10H2,1H3,(H,11,14)(H,15,16). The molecular formula is C9H17N3O4S2. The Labute approximate surface area is 116 Å². The van der Waals surface area contributed by atoms with E-state index < -0.39 is 29.9 Å². The fraction of sp³-hybridized carbons (Fsp3) is 0.667. The van der Waals surface area contributed by atoms with Crippen LogP contribution in [-0.4, -0.2) is 45.2 Å². The number of nitrogens with one attached hydrogen (secondary N) is 1. The minimum atomic E-state index is -1.17. The molecule has 0 saturated heterocycles. The van der Waals surface area contributed by atoms with E-state index in [1.165, 1.54) is 6.92 Å². The largest absolute Gasteiger partial charge is 0.480 e. The van der Waals surface area contributed by atoms with Crippen molar-refractivity contribution in [2.75, 3.05) is 5.88 Å². The number of hydrogen-bond acceptors (Lipinski definition) is 6. The zero-order chi connectivity index (χ0) is 14.3. The van der Waals surface area contributed by atoms with Crippen molar-refractivity contribution in [3.63, 3.8) is 0 Å². The molecule has 0 saturated carbocycles. The van der Waals surface area contributed by atoms with Crippen LogP contribution in [0.2, 0.25) is 0 Å². The first-order chi connectivity index (χ1) is 8.31. The fourth-order valence-electron chi connectivity index (χ4n) is 1.07. The summed E-state index contributed by atoms with van der Waals surface area (Å²) in [6, 6.07) is -1.87. The lowest BCUT2D eigenvalue weighted by molar-refractivity contribution is -0.139. The molecule has 2 amide bonds. The Morgan fingerprint density at radius 2 is 2.00 bits per heavy atom. The van der Waals surface area contributed by atoms with Gasteiger partial charge in [-0.1, -0.05) is 12.8 Å². The fourth-order valence-corrected chi connectivity index (χ4v) is 1.43. The molecule has 0 radical (unpaired) electrons. The second-order valence-corrected chi connectivity index (χ2v) is 4.34. The molecule has 0 rings (SSSR count). The first-order valence-electron chi connectivity index (χ1n) is 5.19. The van der Waals surface area contributed by atoms with Gasteiger partial charge in [0.05, 0.1) is 5.88 Å². The van der Waals surface area contributed by atoms with Crippen LogP contribution >= 0.6 is 25.4 Å². The topological polar surface area (TPSA) is 113 Å². The highest BCUT2D eigenvalue weighted by molar-refractivity contribution is 7.80. The second kappa shape index (κ2) is 8.22. The Kier molecular flexibility index (Phi) is 7.80. The number of thiol groups is 2. The molecule has 2 unspecified atom stereocenters. The van der Waals surface area contributed by atoms with E-state index in [1.54, 1.807) is 0 Å². The summed E-state index contributed by atoms with van der Waals surface area (Å²) in [6.45, 7) is 1.50. The van der Waals surface area contributed by atoms with Crippen LogP contribution in [-0.2, 0) is 14.4 Å². The van der Waals surface area contributed by atoms with Crippen LogP contribution in [0.3, 0.4) is 0 Å². The van der Waals surface area contributed by atoms with Crippen molar-refractivity contribution >= 4 is 43.2 Å². The van der Waals surface area contributed by atoms with Gasteiger partial charge in [-0.15, -0.1) is 0 Å². The highest BCUT2D eigenvalue weighted by Gasteiger charge is 2.24. The lowest BCUT2D eigenvalue weighted by Crippen LogP contribution is -2.43. The predicted molar refractivity (Wildman–Crippen MR) is 72.1 cm³/mol. The summed E-state index contributed by atoms with van der Waals surface area (Å²) >= 11 is 7.74. The van der Waals surface area contributed by atoms with Gasteiger partial charge >= 0.3 is 5.97 Å². The molecule has 0 aromatic carbocycles. The summed E-state index contributed by atoms with van der Waals surface area (Å²) in [7, 11) is 0. The smallest absolute Gasteiger partial charge is 0.320 e. The normalized spacial score (nSPS) is 13.6. The van der Waals surface area contributed by atoms with Crippen molar-refractivity contribution in [2.24, 2.45) is 5.73 Å². The summed E-state index contributed by atoms with van der Waals surface area (Å²) in [5.74, 6) is -1.87. The number of amides is 2. The van der Waals surface area contributed by atoms with Crippen LogP contribution in [0.1, 0.15) is 19.8 Å². The molecule has 18 heavy (non-hydrogen) atoms. The molecule has 4 N–H and O–H groups in total. The molecule has 0 spiro atoms. The van der Waals surface area contributed by atoms with Gasteiger partial charge in [0, 0.05) is 6.42 Å². The zero-order valence-corrected chi connectivity index (χ0v) is 11.7. The summed E-state index contributed by atoms with van der Waals surface area (Å²) in [4.78, 5) is 33.5. The molecule has 2 atom stereocenters. The summed E-state index contributed by atoms with van der Waals surface area (Å²) in [6.07, 6.45) is -0.0956. The van der Waals surface area contributed by atoms with Crippen molar-refractivity contribution in [2.45, 2.75) is 31.8 Å². The number of rotatable bonds is 7. The third kappa shape index (κ3) is 5.61. The Balaban J connectivity index is 4.25. The Morgan fingerprint density at radius 1 is 1.44 bits per heavy atom. The molecule has 0 aliphatic rings. The van der Waals surface area contributed by atoms with Crippen LogP contribution in [0.5, 0.6) is 0 Å². The summed E-state index contributed by atoms with van der Waals surface area (Å²) in [5.41, 5.74) is 5.26. The average molecular weight is 295 g/mol. The lowest BCUT2D eigenvalue weighted by Gasteiger charge is -2.22. The van der Waals surface area contributed by atoms with E-state index in [0.29, 0.717) is 0 Å². The lowest BCUT2D eigenvalue weighted by atomic mass is 10.1. The van der Waals surface area contributed by atoms with Gasteiger partial charge in [-0.25, -0.2) is 0 Å². The molecule has 0 bridgehead atoms. The molecule has 0 aliphatic carbocycles. The van der Waals surface area contributed by atoms with Crippen LogP contribution < -0.4 is 11.1 Å². The van der Waals surface area contributed by atoms with E-state index >= 15 is 0 Å². The minimum Gasteiger partial charge on any atom is -0.480 e. The van der Waals surface area contributed by atoms with Crippen LogP contribution in [0.4, 0.5) is 0 Å². The van der Waals surface area contributed by atoms with E-state index in [-0.39, 0.29) is 18.7 Å². The van der Waals surface area contributed by atoms with Gasteiger partial charge in [0.2, 0.25) is 11.8 Å². The van der Waals surface area contributed by atoms with Gasteiger partial charge in [0.1, 0.15) is 12.1 Å². The third-order valence-electron chi connectivity index (χ3n) is 2.24.